The summed E-state index contributed by atoms with van der Waals surface area (Å²) in [6, 6.07) is 18.1. The van der Waals surface area contributed by atoms with Crippen LogP contribution in [0.15, 0.2) is 60.7 Å². The van der Waals surface area contributed by atoms with Crippen LogP contribution in [0, 0.1) is 12.8 Å². The zero-order chi connectivity index (χ0) is 24.6. The normalized spacial score (nSPS) is 15.0. The first-order valence-corrected chi connectivity index (χ1v) is 11.5. The summed E-state index contributed by atoms with van der Waals surface area (Å²) in [5.41, 5.74) is 1.87. The number of carbonyl (C=O) groups is 1. The lowest BCUT2D eigenvalue weighted by Crippen LogP contribution is -2.39. The second-order valence-electron chi connectivity index (χ2n) is 8.96. The Morgan fingerprint density at radius 1 is 1.00 bits per heavy atom. The third-order valence-corrected chi connectivity index (χ3v) is 6.41. The van der Waals surface area contributed by atoms with Crippen molar-refractivity contribution < 1.29 is 18.0 Å². The van der Waals surface area contributed by atoms with E-state index in [-0.39, 0.29) is 17.3 Å². The van der Waals surface area contributed by atoms with Crippen LogP contribution in [0.5, 0.6) is 0 Å². The van der Waals surface area contributed by atoms with Gasteiger partial charge in [-0.2, -0.15) is 22.7 Å². The van der Waals surface area contributed by atoms with Crippen LogP contribution in [0.1, 0.15) is 40.3 Å². The Morgan fingerprint density at radius 2 is 1.69 bits per heavy atom. The summed E-state index contributed by atoms with van der Waals surface area (Å²) in [4.78, 5) is 23.1. The largest absolute Gasteiger partial charge is 0.433 e. The molecule has 0 radical (unpaired) electrons. The van der Waals surface area contributed by atoms with Crippen molar-refractivity contribution in [3.05, 3.63) is 83.3 Å². The third kappa shape index (κ3) is 4.89. The van der Waals surface area contributed by atoms with Crippen molar-refractivity contribution in [2.24, 2.45) is 5.92 Å². The number of carbonyl (C=O) groups excluding carboxylic acids is 1. The lowest BCUT2D eigenvalue weighted by Gasteiger charge is -2.31. The lowest BCUT2D eigenvalue weighted by atomic mass is 9.90. The van der Waals surface area contributed by atoms with Crippen molar-refractivity contribution in [2.45, 2.75) is 32.4 Å². The predicted octanol–water partition coefficient (Wildman–Crippen LogP) is 5.21. The molecule has 9 heteroatoms. The van der Waals surface area contributed by atoms with Crippen LogP contribution in [0.2, 0.25) is 0 Å². The Bertz CT molecular complexity index is 1340. The second kappa shape index (κ2) is 9.13. The molecule has 1 aliphatic rings. The van der Waals surface area contributed by atoms with Gasteiger partial charge in [0.15, 0.2) is 5.69 Å². The van der Waals surface area contributed by atoms with Crippen molar-refractivity contribution in [3.63, 3.8) is 0 Å². The number of alkyl halides is 3. The molecule has 35 heavy (non-hydrogen) atoms. The minimum absolute atomic E-state index is 0.123. The smallest absolute Gasteiger partial charge is 0.336 e. The number of piperidine rings is 1. The zero-order valence-electron chi connectivity index (χ0n) is 19.2. The monoisotopic (exact) mass is 479 g/mol. The number of fused-ring (bicyclic) bond motifs is 1. The van der Waals surface area contributed by atoms with Crippen molar-refractivity contribution in [3.8, 4) is 11.3 Å². The van der Waals surface area contributed by atoms with E-state index in [4.69, 9.17) is 0 Å². The highest BCUT2D eigenvalue weighted by Gasteiger charge is 2.36. The summed E-state index contributed by atoms with van der Waals surface area (Å²) >= 11 is 0. The molecule has 0 atom stereocenters. The van der Waals surface area contributed by atoms with Gasteiger partial charge in [-0.3, -0.25) is 4.79 Å². The summed E-state index contributed by atoms with van der Waals surface area (Å²) in [7, 11) is 0. The molecule has 180 valence electrons. The van der Waals surface area contributed by atoms with E-state index >= 15 is 0 Å². The molecule has 0 aliphatic carbocycles. The van der Waals surface area contributed by atoms with Crippen LogP contribution in [0.4, 0.5) is 13.2 Å². The van der Waals surface area contributed by atoms with Crippen molar-refractivity contribution in [2.75, 3.05) is 13.1 Å². The number of hydrogen-bond donors (Lipinski definition) is 0. The Labute approximate surface area is 200 Å². The highest BCUT2D eigenvalue weighted by molar-refractivity contribution is 5.91. The topological polar surface area (TPSA) is 63.4 Å². The molecule has 0 N–H and O–H groups in total. The molecular formula is C26H24F3N5O. The molecule has 1 saturated heterocycles. The highest BCUT2D eigenvalue weighted by Crippen LogP contribution is 2.32. The van der Waals surface area contributed by atoms with Gasteiger partial charge in [-0.1, -0.05) is 60.2 Å². The molecule has 5 rings (SSSR count). The number of aromatic nitrogens is 4. The summed E-state index contributed by atoms with van der Waals surface area (Å²) in [6.07, 6.45) is -2.12. The maximum absolute atomic E-state index is 13.9. The maximum atomic E-state index is 13.9. The number of likely N-dealkylation sites (tertiary alicyclic amines) is 1. The molecule has 3 heterocycles. The van der Waals surface area contributed by atoms with Gasteiger partial charge in [0.2, 0.25) is 5.82 Å². The standard InChI is InChI=1S/C26H24F3N5O/c1-17-7-9-20(10-8-17)21-16-22(26(27,28)29)34-25(30-21)31-23(32-34)24(35)33-13-11-19(12-14-33)15-18-5-3-2-4-6-18/h2-10,16,19H,11-15H2,1H3. The lowest BCUT2D eigenvalue weighted by molar-refractivity contribution is -0.142. The van der Waals surface area contributed by atoms with Gasteiger partial charge in [-0.25, -0.2) is 4.98 Å². The van der Waals surface area contributed by atoms with Crippen molar-refractivity contribution >= 4 is 11.7 Å². The number of rotatable bonds is 4. The molecule has 1 amide bonds. The molecular weight excluding hydrogens is 455 g/mol. The number of amides is 1. The van der Waals surface area contributed by atoms with Crippen LogP contribution in [0.25, 0.3) is 17.0 Å². The molecule has 4 aromatic rings. The van der Waals surface area contributed by atoms with Gasteiger partial charge in [-0.15, -0.1) is 5.10 Å². The van der Waals surface area contributed by atoms with Crippen LogP contribution < -0.4 is 0 Å². The molecule has 0 saturated carbocycles. The summed E-state index contributed by atoms with van der Waals surface area (Å²) < 4.78 is 42.2. The van der Waals surface area contributed by atoms with Gasteiger partial charge in [0.05, 0.1) is 5.69 Å². The molecule has 0 spiro atoms. The molecule has 6 nitrogen and oxygen atoms in total. The Balaban J connectivity index is 1.39. The Hall–Kier alpha value is -3.75. The highest BCUT2D eigenvalue weighted by atomic mass is 19.4. The first-order chi connectivity index (χ1) is 16.8. The summed E-state index contributed by atoms with van der Waals surface area (Å²) in [5, 5.41) is 3.92. The zero-order valence-corrected chi connectivity index (χ0v) is 19.2. The number of benzene rings is 2. The van der Waals surface area contributed by atoms with E-state index in [0.29, 0.717) is 29.1 Å². The average molecular weight is 480 g/mol. The van der Waals surface area contributed by atoms with Crippen molar-refractivity contribution in [1.29, 1.82) is 0 Å². The SMILES string of the molecule is Cc1ccc(-c2cc(C(F)(F)F)n3nc(C(=O)N4CCC(Cc5ccccc5)CC4)nc3n2)cc1. The van der Waals surface area contributed by atoms with Crippen LogP contribution in [-0.4, -0.2) is 43.5 Å². The van der Waals surface area contributed by atoms with E-state index in [9.17, 15) is 18.0 Å². The number of aryl methyl sites for hydroxylation is 1. The van der Waals surface area contributed by atoms with Crippen molar-refractivity contribution in [1.82, 2.24) is 24.5 Å². The van der Waals surface area contributed by atoms with Gasteiger partial charge in [-0.05, 0) is 43.7 Å². The van der Waals surface area contributed by atoms with Crippen LogP contribution >= 0.6 is 0 Å². The number of nitrogens with zero attached hydrogens (tertiary/aromatic N) is 5. The average Bonchev–Trinajstić information content (AvgIpc) is 3.28. The summed E-state index contributed by atoms with van der Waals surface area (Å²) in [6.45, 7) is 2.92. The number of halogens is 3. The second-order valence-corrected chi connectivity index (χ2v) is 8.96. The molecule has 1 aliphatic heterocycles. The van der Waals surface area contributed by atoms with Gasteiger partial charge < -0.3 is 4.90 Å². The van der Waals surface area contributed by atoms with Crippen LogP contribution in [0.3, 0.4) is 0 Å². The third-order valence-electron chi connectivity index (χ3n) is 6.41. The van der Waals surface area contributed by atoms with E-state index < -0.39 is 17.8 Å². The van der Waals surface area contributed by atoms with E-state index in [0.717, 1.165) is 30.9 Å². The number of hydrogen-bond acceptors (Lipinski definition) is 4. The fourth-order valence-corrected chi connectivity index (χ4v) is 4.46. The van der Waals surface area contributed by atoms with E-state index in [1.165, 1.54) is 5.56 Å². The Morgan fingerprint density at radius 3 is 2.34 bits per heavy atom. The minimum Gasteiger partial charge on any atom is -0.336 e. The Kier molecular flexibility index (Phi) is 6.00. The predicted molar refractivity (Wildman–Crippen MR) is 125 cm³/mol. The molecule has 0 bridgehead atoms. The minimum atomic E-state index is -4.69. The molecule has 0 unspecified atom stereocenters. The van der Waals surface area contributed by atoms with E-state index in [2.05, 4.69) is 27.2 Å². The first kappa shape index (κ1) is 23.0. The molecule has 2 aromatic heterocycles. The molecule has 2 aromatic carbocycles. The van der Waals surface area contributed by atoms with Gasteiger partial charge in [0.1, 0.15) is 0 Å². The van der Waals surface area contributed by atoms with Gasteiger partial charge in [0.25, 0.3) is 11.7 Å². The fourth-order valence-electron chi connectivity index (χ4n) is 4.46. The maximum Gasteiger partial charge on any atom is 0.433 e. The van der Waals surface area contributed by atoms with Gasteiger partial charge >= 0.3 is 6.18 Å². The fraction of sp³-hybridized carbons (Fsp3) is 0.308. The first-order valence-electron chi connectivity index (χ1n) is 11.5. The summed E-state index contributed by atoms with van der Waals surface area (Å²) in [5.74, 6) is -0.548. The quantitative estimate of drug-likeness (QED) is 0.403. The van der Waals surface area contributed by atoms with Crippen LogP contribution in [-0.2, 0) is 12.6 Å². The van der Waals surface area contributed by atoms with E-state index in [1.54, 1.807) is 29.2 Å². The van der Waals surface area contributed by atoms with Gasteiger partial charge in [0, 0.05) is 18.7 Å². The molecule has 1 fully saturated rings. The van der Waals surface area contributed by atoms with E-state index in [1.807, 2.05) is 25.1 Å².